The van der Waals surface area contributed by atoms with Gasteiger partial charge in [-0.15, -0.1) is 0 Å². The normalized spacial score (nSPS) is 11.5. The summed E-state index contributed by atoms with van der Waals surface area (Å²) in [6.07, 6.45) is 1.63. The SMILES string of the molecule is CNc1cc(C(C)(C)C)cc(NC(=O)c2cc3cccc(Oc4ccnc(CNCCO)n4)c3n2C)c1OC. The number of aliphatic hydroxyl groups excluding tert-OH is 1. The van der Waals surface area contributed by atoms with E-state index in [1.165, 1.54) is 0 Å². The van der Waals surface area contributed by atoms with Crippen LogP contribution in [-0.4, -0.2) is 52.9 Å². The third kappa shape index (κ3) is 6.13. The number of aryl methyl sites for hydroxylation is 1. The Balaban J connectivity index is 1.66. The molecule has 4 N–H and O–H groups in total. The van der Waals surface area contributed by atoms with E-state index in [4.69, 9.17) is 14.6 Å². The number of rotatable bonds is 10. The molecule has 206 valence electrons. The van der Waals surface area contributed by atoms with Gasteiger partial charge in [0.2, 0.25) is 5.88 Å². The Bertz CT molecular complexity index is 1470. The number of nitrogens with one attached hydrogen (secondary N) is 3. The number of fused-ring (bicyclic) bond motifs is 1. The first-order valence-corrected chi connectivity index (χ1v) is 12.8. The minimum atomic E-state index is -0.273. The van der Waals surface area contributed by atoms with Gasteiger partial charge >= 0.3 is 0 Å². The van der Waals surface area contributed by atoms with Crippen molar-refractivity contribution in [1.29, 1.82) is 0 Å². The maximum atomic E-state index is 13.6. The van der Waals surface area contributed by atoms with Crippen molar-refractivity contribution >= 4 is 28.2 Å². The Hall–Kier alpha value is -4.15. The number of aromatic nitrogens is 3. The van der Waals surface area contributed by atoms with Crippen LogP contribution < -0.4 is 25.4 Å². The summed E-state index contributed by atoms with van der Waals surface area (Å²) < 4.78 is 13.6. The molecule has 0 saturated heterocycles. The molecular weight excluding hydrogens is 496 g/mol. The number of hydrogen-bond acceptors (Lipinski definition) is 8. The largest absolute Gasteiger partial charge is 0.492 e. The lowest BCUT2D eigenvalue weighted by molar-refractivity contribution is 0.101. The Labute approximate surface area is 228 Å². The van der Waals surface area contributed by atoms with Crippen molar-refractivity contribution in [2.45, 2.75) is 32.7 Å². The molecule has 0 saturated carbocycles. The number of carbonyl (C=O) groups is 1. The molecule has 0 aliphatic carbocycles. The standard InChI is InChI=1S/C29H36N6O4/c1-29(2,3)19-15-20(30-4)27(38-6)21(16-19)33-28(37)22-14-18-8-7-9-23(26(18)35(22)5)39-25-10-11-32-24(34-25)17-31-12-13-36/h7-11,14-16,30-31,36H,12-13,17H2,1-6H3,(H,33,37). The summed E-state index contributed by atoms with van der Waals surface area (Å²) in [5, 5.41) is 19.1. The minimum Gasteiger partial charge on any atom is -0.492 e. The third-order valence-corrected chi connectivity index (χ3v) is 6.39. The van der Waals surface area contributed by atoms with Crippen LogP contribution in [0.15, 0.2) is 48.7 Å². The molecule has 2 aromatic heterocycles. The number of aliphatic hydroxyl groups is 1. The first-order chi connectivity index (χ1) is 18.7. The molecule has 2 aromatic carbocycles. The van der Waals surface area contributed by atoms with E-state index in [2.05, 4.69) is 46.7 Å². The molecule has 0 unspecified atom stereocenters. The van der Waals surface area contributed by atoms with Crippen LogP contribution in [0.25, 0.3) is 10.9 Å². The quantitative estimate of drug-likeness (QED) is 0.221. The van der Waals surface area contributed by atoms with Gasteiger partial charge in [-0.05, 0) is 35.2 Å². The molecular formula is C29H36N6O4. The average molecular weight is 533 g/mol. The summed E-state index contributed by atoms with van der Waals surface area (Å²) in [6, 6.07) is 13.2. The summed E-state index contributed by atoms with van der Waals surface area (Å²) >= 11 is 0. The van der Waals surface area contributed by atoms with Gasteiger partial charge in [0.25, 0.3) is 5.91 Å². The highest BCUT2D eigenvalue weighted by molar-refractivity contribution is 6.08. The maximum absolute atomic E-state index is 13.6. The monoisotopic (exact) mass is 532 g/mol. The minimum absolute atomic E-state index is 0.0348. The number of benzene rings is 2. The summed E-state index contributed by atoms with van der Waals surface area (Å²) in [4.78, 5) is 22.3. The van der Waals surface area contributed by atoms with Gasteiger partial charge in [0.1, 0.15) is 11.5 Å². The Kier molecular flexibility index (Phi) is 8.37. The topological polar surface area (TPSA) is 123 Å². The molecule has 0 aliphatic heterocycles. The van der Waals surface area contributed by atoms with E-state index in [0.29, 0.717) is 47.7 Å². The summed E-state index contributed by atoms with van der Waals surface area (Å²) in [5.41, 5.74) is 3.54. The highest BCUT2D eigenvalue weighted by Gasteiger charge is 2.22. The number of amides is 1. The fourth-order valence-corrected chi connectivity index (χ4v) is 4.34. The Morgan fingerprint density at radius 2 is 1.90 bits per heavy atom. The fourth-order valence-electron chi connectivity index (χ4n) is 4.34. The van der Waals surface area contributed by atoms with Crippen molar-refractivity contribution in [3.05, 3.63) is 65.7 Å². The molecule has 0 spiro atoms. The number of nitrogens with zero attached hydrogens (tertiary/aromatic N) is 3. The van der Waals surface area contributed by atoms with E-state index >= 15 is 0 Å². The van der Waals surface area contributed by atoms with Gasteiger partial charge in [0.05, 0.1) is 37.2 Å². The Morgan fingerprint density at radius 1 is 1.13 bits per heavy atom. The van der Waals surface area contributed by atoms with Gasteiger partial charge in [-0.1, -0.05) is 32.9 Å². The van der Waals surface area contributed by atoms with Crippen LogP contribution in [0, 0.1) is 0 Å². The zero-order valence-electron chi connectivity index (χ0n) is 23.3. The van der Waals surface area contributed by atoms with Gasteiger partial charge in [-0.3, -0.25) is 4.79 Å². The molecule has 0 radical (unpaired) electrons. The Morgan fingerprint density at radius 3 is 2.59 bits per heavy atom. The van der Waals surface area contributed by atoms with Crippen molar-refractivity contribution < 1.29 is 19.4 Å². The van der Waals surface area contributed by atoms with Gasteiger partial charge in [0.15, 0.2) is 11.5 Å². The lowest BCUT2D eigenvalue weighted by Gasteiger charge is -2.23. The summed E-state index contributed by atoms with van der Waals surface area (Å²) in [5.74, 6) is 1.79. The summed E-state index contributed by atoms with van der Waals surface area (Å²) in [7, 11) is 5.24. The van der Waals surface area contributed by atoms with Crippen LogP contribution in [0.4, 0.5) is 11.4 Å². The van der Waals surface area contributed by atoms with Crippen molar-refractivity contribution in [1.82, 2.24) is 19.9 Å². The number of hydrogen-bond donors (Lipinski definition) is 4. The number of methoxy groups -OCH3 is 1. The van der Waals surface area contributed by atoms with Crippen molar-refractivity contribution in [2.75, 3.05) is 37.9 Å². The van der Waals surface area contributed by atoms with Crippen LogP contribution in [0.5, 0.6) is 17.4 Å². The summed E-state index contributed by atoms with van der Waals surface area (Å²) in [6.45, 7) is 7.26. The van der Waals surface area contributed by atoms with Crippen LogP contribution in [0.1, 0.15) is 42.6 Å². The lowest BCUT2D eigenvalue weighted by Crippen LogP contribution is -2.19. The third-order valence-electron chi connectivity index (χ3n) is 6.39. The molecule has 39 heavy (non-hydrogen) atoms. The fraction of sp³-hybridized carbons (Fsp3) is 0.345. The van der Waals surface area contributed by atoms with E-state index in [1.807, 2.05) is 55.1 Å². The van der Waals surface area contributed by atoms with Crippen LogP contribution in [0.2, 0.25) is 0 Å². The molecule has 4 aromatic rings. The number of ether oxygens (including phenoxy) is 2. The van der Waals surface area contributed by atoms with Crippen LogP contribution >= 0.6 is 0 Å². The molecule has 0 fully saturated rings. The van der Waals surface area contributed by atoms with E-state index in [-0.39, 0.29) is 17.9 Å². The van der Waals surface area contributed by atoms with Crippen LogP contribution in [-0.2, 0) is 19.0 Å². The van der Waals surface area contributed by atoms with E-state index < -0.39 is 0 Å². The number of para-hydroxylation sites is 1. The molecule has 1 amide bonds. The second-order valence-corrected chi connectivity index (χ2v) is 10.2. The second-order valence-electron chi connectivity index (χ2n) is 10.2. The molecule has 10 heteroatoms. The van der Waals surface area contributed by atoms with E-state index in [9.17, 15) is 4.79 Å². The smallest absolute Gasteiger partial charge is 0.272 e. The first kappa shape index (κ1) is 27.9. The van der Waals surface area contributed by atoms with Crippen LogP contribution in [0.3, 0.4) is 0 Å². The molecule has 0 aliphatic rings. The van der Waals surface area contributed by atoms with Gasteiger partial charge in [-0.25, -0.2) is 4.98 Å². The number of anilines is 2. The average Bonchev–Trinajstić information content (AvgIpc) is 3.25. The molecule has 0 bridgehead atoms. The van der Waals surface area contributed by atoms with Crippen molar-refractivity contribution in [3.8, 4) is 17.4 Å². The zero-order chi connectivity index (χ0) is 28.2. The predicted octanol–water partition coefficient (Wildman–Crippen LogP) is 4.44. The number of carbonyl (C=O) groups excluding carboxylic acids is 1. The molecule has 2 heterocycles. The second kappa shape index (κ2) is 11.7. The van der Waals surface area contributed by atoms with E-state index in [0.717, 1.165) is 22.2 Å². The lowest BCUT2D eigenvalue weighted by atomic mass is 9.86. The zero-order valence-corrected chi connectivity index (χ0v) is 23.3. The van der Waals surface area contributed by atoms with Gasteiger partial charge in [-0.2, -0.15) is 4.98 Å². The molecule has 10 nitrogen and oxygen atoms in total. The van der Waals surface area contributed by atoms with E-state index in [1.54, 1.807) is 19.4 Å². The molecule has 0 atom stereocenters. The highest BCUT2D eigenvalue weighted by Crippen LogP contribution is 2.39. The maximum Gasteiger partial charge on any atom is 0.272 e. The van der Waals surface area contributed by atoms with Gasteiger partial charge in [0, 0.05) is 38.3 Å². The van der Waals surface area contributed by atoms with Gasteiger partial charge < -0.3 is 35.1 Å². The first-order valence-electron chi connectivity index (χ1n) is 12.8. The van der Waals surface area contributed by atoms with Crippen molar-refractivity contribution in [2.24, 2.45) is 7.05 Å². The highest BCUT2D eigenvalue weighted by atomic mass is 16.5. The predicted molar refractivity (Wildman–Crippen MR) is 153 cm³/mol. The van der Waals surface area contributed by atoms with Crippen molar-refractivity contribution in [3.63, 3.8) is 0 Å². The molecule has 4 rings (SSSR count).